The van der Waals surface area contributed by atoms with E-state index in [-0.39, 0.29) is 17.3 Å². The third-order valence-electron chi connectivity index (χ3n) is 3.75. The molecular weight excluding hydrogens is 368 g/mol. The SMILES string of the molecule is CC(OC(=O)c1ccc(NC2CC2)c([N+](=O)[O-])c1)C(=O)NC(=O)NC(C)(C)C. The van der Waals surface area contributed by atoms with Crippen LogP contribution in [-0.2, 0) is 9.53 Å². The van der Waals surface area contributed by atoms with Crippen molar-refractivity contribution >= 4 is 29.3 Å². The molecule has 0 aliphatic heterocycles. The Morgan fingerprint density at radius 1 is 1.25 bits per heavy atom. The van der Waals surface area contributed by atoms with Gasteiger partial charge < -0.3 is 15.4 Å². The average Bonchev–Trinajstić information content (AvgIpc) is 3.36. The van der Waals surface area contributed by atoms with Crippen molar-refractivity contribution in [3.63, 3.8) is 0 Å². The Hall–Kier alpha value is -3.17. The second kappa shape index (κ2) is 8.24. The molecule has 1 unspecified atom stereocenters. The van der Waals surface area contributed by atoms with Gasteiger partial charge in [-0.3, -0.25) is 20.2 Å². The summed E-state index contributed by atoms with van der Waals surface area (Å²) in [5.41, 5.74) is -0.525. The Kier molecular flexibility index (Phi) is 6.22. The van der Waals surface area contributed by atoms with E-state index in [9.17, 15) is 24.5 Å². The van der Waals surface area contributed by atoms with Gasteiger partial charge in [-0.15, -0.1) is 0 Å². The van der Waals surface area contributed by atoms with Crippen LogP contribution in [0.2, 0.25) is 0 Å². The third kappa shape index (κ3) is 6.22. The number of rotatable bonds is 6. The second-order valence-corrected chi connectivity index (χ2v) is 7.65. The van der Waals surface area contributed by atoms with Gasteiger partial charge in [-0.05, 0) is 52.7 Å². The summed E-state index contributed by atoms with van der Waals surface area (Å²) in [5.74, 6) is -1.71. The fourth-order valence-electron chi connectivity index (χ4n) is 2.25. The number of nitrogens with zero attached hydrogens (tertiary/aromatic N) is 1. The van der Waals surface area contributed by atoms with E-state index in [1.807, 2.05) is 0 Å². The molecule has 1 saturated carbocycles. The maximum atomic E-state index is 12.2. The molecule has 10 heteroatoms. The van der Waals surface area contributed by atoms with Gasteiger partial charge in [0.15, 0.2) is 6.10 Å². The molecule has 1 atom stereocenters. The number of carbonyl (C=O) groups is 3. The molecule has 152 valence electrons. The van der Waals surface area contributed by atoms with Crippen molar-refractivity contribution in [1.82, 2.24) is 10.6 Å². The lowest BCUT2D eigenvalue weighted by Gasteiger charge is -2.21. The molecule has 0 heterocycles. The monoisotopic (exact) mass is 392 g/mol. The molecule has 0 saturated heterocycles. The summed E-state index contributed by atoms with van der Waals surface area (Å²) >= 11 is 0. The fraction of sp³-hybridized carbons (Fsp3) is 0.500. The smallest absolute Gasteiger partial charge is 0.339 e. The summed E-state index contributed by atoms with van der Waals surface area (Å²) in [5, 5.41) is 18.9. The van der Waals surface area contributed by atoms with E-state index in [4.69, 9.17) is 4.74 Å². The van der Waals surface area contributed by atoms with Gasteiger partial charge in [0.25, 0.3) is 11.6 Å². The highest BCUT2D eigenvalue weighted by molar-refractivity contribution is 5.99. The highest BCUT2D eigenvalue weighted by Crippen LogP contribution is 2.31. The Bertz CT molecular complexity index is 798. The van der Waals surface area contributed by atoms with Crippen LogP contribution in [0.25, 0.3) is 0 Å². The molecule has 3 N–H and O–H groups in total. The normalized spacial score (nSPS) is 14.6. The van der Waals surface area contributed by atoms with Crippen LogP contribution in [0.5, 0.6) is 0 Å². The zero-order valence-corrected chi connectivity index (χ0v) is 16.2. The highest BCUT2D eigenvalue weighted by atomic mass is 16.6. The van der Waals surface area contributed by atoms with Crippen molar-refractivity contribution in [1.29, 1.82) is 0 Å². The van der Waals surface area contributed by atoms with Gasteiger partial charge in [-0.1, -0.05) is 0 Å². The molecule has 1 aliphatic rings. The minimum Gasteiger partial charge on any atom is -0.449 e. The van der Waals surface area contributed by atoms with Crippen LogP contribution in [0.4, 0.5) is 16.2 Å². The maximum absolute atomic E-state index is 12.2. The van der Waals surface area contributed by atoms with Crippen LogP contribution < -0.4 is 16.0 Å². The number of urea groups is 1. The van der Waals surface area contributed by atoms with Crippen molar-refractivity contribution in [2.75, 3.05) is 5.32 Å². The predicted octanol–water partition coefficient (Wildman–Crippen LogP) is 2.34. The average molecular weight is 392 g/mol. The summed E-state index contributed by atoms with van der Waals surface area (Å²) < 4.78 is 5.02. The molecular formula is C18H24N4O6. The van der Waals surface area contributed by atoms with Crippen molar-refractivity contribution in [2.45, 2.75) is 58.2 Å². The van der Waals surface area contributed by atoms with E-state index in [0.717, 1.165) is 18.9 Å². The van der Waals surface area contributed by atoms with Gasteiger partial charge >= 0.3 is 12.0 Å². The van der Waals surface area contributed by atoms with E-state index in [1.54, 1.807) is 20.8 Å². The molecule has 0 radical (unpaired) electrons. The first-order chi connectivity index (χ1) is 13.0. The Balaban J connectivity index is 2.01. The summed E-state index contributed by atoms with van der Waals surface area (Å²) in [6, 6.07) is 3.42. The van der Waals surface area contributed by atoms with Gasteiger partial charge in [0.05, 0.1) is 10.5 Å². The summed E-state index contributed by atoms with van der Waals surface area (Å²) in [6.07, 6.45) is 0.619. The number of nitro benzene ring substituents is 1. The fourth-order valence-corrected chi connectivity index (χ4v) is 2.25. The van der Waals surface area contributed by atoms with Crippen LogP contribution in [0.1, 0.15) is 50.9 Å². The standard InChI is InChI=1S/C18H24N4O6/c1-10(15(23)20-17(25)21-18(2,3)4)28-16(24)11-5-8-13(19-12-6-7-12)14(9-11)22(26)27/h5,8-10,12,19H,6-7H2,1-4H3,(H2,20,21,23,25). The number of nitrogens with one attached hydrogen (secondary N) is 3. The lowest BCUT2D eigenvalue weighted by Crippen LogP contribution is -2.50. The molecule has 3 amide bonds. The summed E-state index contributed by atoms with van der Waals surface area (Å²) in [6.45, 7) is 6.54. The topological polar surface area (TPSA) is 140 Å². The molecule has 1 aromatic carbocycles. The van der Waals surface area contributed by atoms with Crippen molar-refractivity contribution in [2.24, 2.45) is 0 Å². The van der Waals surface area contributed by atoms with E-state index in [0.29, 0.717) is 5.69 Å². The number of amides is 3. The third-order valence-corrected chi connectivity index (χ3v) is 3.75. The van der Waals surface area contributed by atoms with Crippen LogP contribution in [-0.4, -0.2) is 40.5 Å². The minimum absolute atomic E-state index is 0.0631. The lowest BCUT2D eigenvalue weighted by atomic mass is 10.1. The van der Waals surface area contributed by atoms with Crippen molar-refractivity contribution in [3.05, 3.63) is 33.9 Å². The first kappa shape index (κ1) is 21.1. The highest BCUT2D eigenvalue weighted by Gasteiger charge is 2.27. The second-order valence-electron chi connectivity index (χ2n) is 7.65. The zero-order valence-electron chi connectivity index (χ0n) is 16.2. The number of hydrogen-bond acceptors (Lipinski definition) is 7. The first-order valence-corrected chi connectivity index (χ1v) is 8.85. The molecule has 1 fully saturated rings. The number of benzene rings is 1. The van der Waals surface area contributed by atoms with E-state index >= 15 is 0 Å². The molecule has 1 aromatic rings. The molecule has 28 heavy (non-hydrogen) atoms. The number of hydrogen-bond donors (Lipinski definition) is 3. The number of imide groups is 1. The van der Waals surface area contributed by atoms with Gasteiger partial charge in [0, 0.05) is 17.6 Å². The maximum Gasteiger partial charge on any atom is 0.339 e. The van der Waals surface area contributed by atoms with E-state index in [2.05, 4.69) is 16.0 Å². The molecule has 10 nitrogen and oxygen atoms in total. The van der Waals surface area contributed by atoms with E-state index < -0.39 is 34.5 Å². The van der Waals surface area contributed by atoms with Crippen molar-refractivity contribution in [3.8, 4) is 0 Å². The summed E-state index contributed by atoms with van der Waals surface area (Å²) in [7, 11) is 0. The number of anilines is 1. The van der Waals surface area contributed by atoms with Crippen LogP contribution >= 0.6 is 0 Å². The first-order valence-electron chi connectivity index (χ1n) is 8.85. The van der Waals surface area contributed by atoms with Gasteiger partial charge in [-0.25, -0.2) is 9.59 Å². The lowest BCUT2D eigenvalue weighted by molar-refractivity contribution is -0.384. The molecule has 0 aromatic heterocycles. The molecule has 2 rings (SSSR count). The Morgan fingerprint density at radius 3 is 2.43 bits per heavy atom. The summed E-state index contributed by atoms with van der Waals surface area (Å²) in [4.78, 5) is 46.6. The van der Waals surface area contributed by atoms with Crippen LogP contribution in [0.15, 0.2) is 18.2 Å². The number of nitro groups is 1. The van der Waals surface area contributed by atoms with Crippen molar-refractivity contribution < 1.29 is 24.0 Å². The zero-order chi connectivity index (χ0) is 21.1. The molecule has 0 bridgehead atoms. The number of ether oxygens (including phenoxy) is 1. The predicted molar refractivity (Wildman–Crippen MR) is 101 cm³/mol. The van der Waals surface area contributed by atoms with E-state index in [1.165, 1.54) is 19.1 Å². The Labute approximate surface area is 162 Å². The largest absolute Gasteiger partial charge is 0.449 e. The molecule has 0 spiro atoms. The van der Waals surface area contributed by atoms with Gasteiger partial charge in [-0.2, -0.15) is 0 Å². The number of carbonyl (C=O) groups excluding carboxylic acids is 3. The minimum atomic E-state index is -1.26. The van der Waals surface area contributed by atoms with Gasteiger partial charge in [0.1, 0.15) is 5.69 Å². The number of esters is 1. The molecule has 1 aliphatic carbocycles. The Morgan fingerprint density at radius 2 is 1.89 bits per heavy atom. The van der Waals surface area contributed by atoms with Gasteiger partial charge in [0.2, 0.25) is 0 Å². The quantitative estimate of drug-likeness (QED) is 0.383. The van der Waals surface area contributed by atoms with Crippen LogP contribution in [0.3, 0.4) is 0 Å². The van der Waals surface area contributed by atoms with Crippen LogP contribution in [0, 0.1) is 10.1 Å².